The van der Waals surface area contributed by atoms with E-state index in [0.29, 0.717) is 16.3 Å². The Hall–Kier alpha value is -1.53. The van der Waals surface area contributed by atoms with Crippen LogP contribution in [0, 0.1) is 16.7 Å². The van der Waals surface area contributed by atoms with E-state index in [1.807, 2.05) is 13.0 Å². The second kappa shape index (κ2) is 5.63. The molecule has 0 aliphatic heterocycles. The molecule has 2 rings (SSSR count). The Bertz CT molecular complexity index is 527. The van der Waals surface area contributed by atoms with Gasteiger partial charge in [-0.25, -0.2) is 0 Å². The molecule has 1 aromatic carbocycles. The summed E-state index contributed by atoms with van der Waals surface area (Å²) in [6, 6.07) is 6.93. The van der Waals surface area contributed by atoms with Gasteiger partial charge in [-0.2, -0.15) is 5.26 Å². The van der Waals surface area contributed by atoms with Crippen LogP contribution in [0.15, 0.2) is 18.2 Å². The number of nitrogens with zero attached hydrogens (tertiary/aromatic N) is 1. The minimum atomic E-state index is -0.296. The van der Waals surface area contributed by atoms with E-state index in [9.17, 15) is 4.79 Å². The van der Waals surface area contributed by atoms with E-state index in [1.54, 1.807) is 18.2 Å². The van der Waals surface area contributed by atoms with Gasteiger partial charge in [0.2, 0.25) is 5.91 Å². The van der Waals surface area contributed by atoms with Crippen LogP contribution < -0.4 is 5.32 Å². The van der Waals surface area contributed by atoms with Gasteiger partial charge < -0.3 is 5.32 Å². The fourth-order valence-corrected chi connectivity index (χ4v) is 2.75. The van der Waals surface area contributed by atoms with Gasteiger partial charge in [-0.3, -0.25) is 4.79 Å². The molecule has 19 heavy (non-hydrogen) atoms. The maximum Gasteiger partial charge on any atom is 0.230 e. The summed E-state index contributed by atoms with van der Waals surface area (Å²) in [6.07, 6.45) is 5.26. The summed E-state index contributed by atoms with van der Waals surface area (Å²) in [4.78, 5) is 12.4. The molecule has 0 heterocycles. The van der Waals surface area contributed by atoms with Crippen molar-refractivity contribution in [1.82, 2.24) is 0 Å². The van der Waals surface area contributed by atoms with E-state index >= 15 is 0 Å². The molecule has 0 bridgehead atoms. The van der Waals surface area contributed by atoms with Crippen molar-refractivity contribution in [2.75, 3.05) is 5.32 Å². The number of rotatable bonds is 2. The van der Waals surface area contributed by atoms with Crippen molar-refractivity contribution >= 4 is 23.2 Å². The summed E-state index contributed by atoms with van der Waals surface area (Å²) in [5.74, 6) is 0.0267. The second-order valence-corrected chi connectivity index (χ2v) is 5.79. The Morgan fingerprint density at radius 3 is 2.63 bits per heavy atom. The van der Waals surface area contributed by atoms with Crippen LogP contribution in [-0.4, -0.2) is 5.91 Å². The number of anilines is 1. The molecule has 1 N–H and O–H groups in total. The van der Waals surface area contributed by atoms with E-state index in [-0.39, 0.29) is 11.3 Å². The molecule has 0 saturated heterocycles. The molecular weight excluding hydrogens is 260 g/mol. The van der Waals surface area contributed by atoms with Crippen molar-refractivity contribution in [2.24, 2.45) is 5.41 Å². The molecule has 1 saturated carbocycles. The minimum Gasteiger partial charge on any atom is -0.324 e. The molecule has 0 atom stereocenters. The standard InChI is InChI=1S/C15H17ClN2O/c1-15(7-3-2-4-8-15)14(19)18-13-6-5-11(10-17)9-12(13)16/h5-6,9H,2-4,7-8H2,1H3,(H,18,19). The third-order valence-corrected chi connectivity index (χ3v) is 4.16. The maximum absolute atomic E-state index is 12.4. The van der Waals surface area contributed by atoms with Crippen LogP contribution in [0.1, 0.15) is 44.6 Å². The van der Waals surface area contributed by atoms with Crippen molar-refractivity contribution < 1.29 is 4.79 Å². The van der Waals surface area contributed by atoms with Crippen LogP contribution in [0.4, 0.5) is 5.69 Å². The fraction of sp³-hybridized carbons (Fsp3) is 0.467. The van der Waals surface area contributed by atoms with Crippen molar-refractivity contribution in [3.8, 4) is 6.07 Å². The van der Waals surface area contributed by atoms with Gasteiger partial charge in [-0.1, -0.05) is 37.8 Å². The average molecular weight is 277 g/mol. The molecule has 4 heteroatoms. The van der Waals surface area contributed by atoms with Crippen LogP contribution >= 0.6 is 11.6 Å². The average Bonchev–Trinajstić information content (AvgIpc) is 2.41. The molecule has 1 amide bonds. The number of carbonyl (C=O) groups is 1. The molecule has 0 spiro atoms. The lowest BCUT2D eigenvalue weighted by molar-refractivity contribution is -0.126. The summed E-state index contributed by atoms with van der Waals surface area (Å²) in [5.41, 5.74) is 0.777. The highest BCUT2D eigenvalue weighted by atomic mass is 35.5. The molecule has 0 unspecified atom stereocenters. The van der Waals surface area contributed by atoms with E-state index in [0.717, 1.165) is 25.7 Å². The SMILES string of the molecule is CC1(C(=O)Nc2ccc(C#N)cc2Cl)CCCCC1. The molecule has 100 valence electrons. The Morgan fingerprint density at radius 2 is 2.05 bits per heavy atom. The zero-order valence-electron chi connectivity index (χ0n) is 11.0. The lowest BCUT2D eigenvalue weighted by atomic mass is 9.75. The van der Waals surface area contributed by atoms with Gasteiger partial charge in [0.05, 0.1) is 22.3 Å². The van der Waals surface area contributed by atoms with Crippen LogP contribution in [0.5, 0.6) is 0 Å². The first-order valence-corrected chi connectivity index (χ1v) is 6.94. The molecule has 1 fully saturated rings. The van der Waals surface area contributed by atoms with Gasteiger partial charge in [0.25, 0.3) is 0 Å². The van der Waals surface area contributed by atoms with Crippen LogP contribution in [-0.2, 0) is 4.79 Å². The van der Waals surface area contributed by atoms with Gasteiger partial charge in [0, 0.05) is 5.41 Å². The van der Waals surface area contributed by atoms with E-state index in [2.05, 4.69) is 5.32 Å². The summed E-state index contributed by atoms with van der Waals surface area (Å²) in [6.45, 7) is 2.01. The fourth-order valence-electron chi connectivity index (χ4n) is 2.52. The van der Waals surface area contributed by atoms with Gasteiger partial charge in [-0.05, 0) is 31.0 Å². The molecule has 0 aromatic heterocycles. The van der Waals surface area contributed by atoms with Gasteiger partial charge in [-0.15, -0.1) is 0 Å². The minimum absolute atomic E-state index is 0.0267. The Labute approximate surface area is 118 Å². The zero-order valence-corrected chi connectivity index (χ0v) is 11.8. The third kappa shape index (κ3) is 3.08. The number of benzene rings is 1. The number of amides is 1. The van der Waals surface area contributed by atoms with E-state index < -0.39 is 0 Å². The normalized spacial score (nSPS) is 17.5. The largest absolute Gasteiger partial charge is 0.324 e. The molecular formula is C15H17ClN2O. The number of nitriles is 1. The summed E-state index contributed by atoms with van der Waals surface area (Å²) in [5, 5.41) is 12.1. The van der Waals surface area contributed by atoms with Crippen LogP contribution in [0.25, 0.3) is 0 Å². The maximum atomic E-state index is 12.4. The molecule has 1 aromatic rings. The number of hydrogen-bond donors (Lipinski definition) is 1. The van der Waals surface area contributed by atoms with Gasteiger partial charge in [0.1, 0.15) is 0 Å². The molecule has 3 nitrogen and oxygen atoms in total. The summed E-state index contributed by atoms with van der Waals surface area (Å²) >= 11 is 6.07. The highest BCUT2D eigenvalue weighted by Gasteiger charge is 2.34. The second-order valence-electron chi connectivity index (χ2n) is 5.38. The van der Waals surface area contributed by atoms with Gasteiger partial charge >= 0.3 is 0 Å². The van der Waals surface area contributed by atoms with Crippen molar-refractivity contribution in [2.45, 2.75) is 39.0 Å². The van der Waals surface area contributed by atoms with Crippen LogP contribution in [0.3, 0.4) is 0 Å². The molecule has 0 radical (unpaired) electrons. The first kappa shape index (κ1) is 13.9. The number of nitrogens with one attached hydrogen (secondary N) is 1. The first-order valence-electron chi connectivity index (χ1n) is 6.56. The van der Waals surface area contributed by atoms with Crippen molar-refractivity contribution in [3.05, 3.63) is 28.8 Å². The van der Waals surface area contributed by atoms with E-state index in [4.69, 9.17) is 16.9 Å². The number of carbonyl (C=O) groups excluding carboxylic acids is 1. The number of hydrogen-bond acceptors (Lipinski definition) is 2. The summed E-state index contributed by atoms with van der Waals surface area (Å²) < 4.78 is 0. The van der Waals surface area contributed by atoms with Crippen molar-refractivity contribution in [3.63, 3.8) is 0 Å². The predicted octanol–water partition coefficient (Wildman–Crippen LogP) is 4.12. The zero-order chi connectivity index (χ0) is 13.9. The van der Waals surface area contributed by atoms with Crippen molar-refractivity contribution in [1.29, 1.82) is 5.26 Å². The third-order valence-electron chi connectivity index (χ3n) is 3.85. The monoisotopic (exact) mass is 276 g/mol. The Kier molecular flexibility index (Phi) is 4.11. The Morgan fingerprint density at radius 1 is 1.37 bits per heavy atom. The lowest BCUT2D eigenvalue weighted by Crippen LogP contribution is -2.35. The van der Waals surface area contributed by atoms with Crippen LogP contribution in [0.2, 0.25) is 5.02 Å². The lowest BCUT2D eigenvalue weighted by Gasteiger charge is -2.32. The molecule has 1 aliphatic rings. The van der Waals surface area contributed by atoms with E-state index in [1.165, 1.54) is 6.42 Å². The number of halogens is 1. The quantitative estimate of drug-likeness (QED) is 0.883. The molecule has 1 aliphatic carbocycles. The highest BCUT2D eigenvalue weighted by Crippen LogP contribution is 2.37. The van der Waals surface area contributed by atoms with Gasteiger partial charge in [0.15, 0.2) is 0 Å². The topological polar surface area (TPSA) is 52.9 Å². The smallest absolute Gasteiger partial charge is 0.230 e. The predicted molar refractivity (Wildman–Crippen MR) is 76.0 cm³/mol. The highest BCUT2D eigenvalue weighted by molar-refractivity contribution is 6.33. The summed E-state index contributed by atoms with van der Waals surface area (Å²) in [7, 11) is 0. The Balaban J connectivity index is 2.13. The first-order chi connectivity index (χ1) is 9.05.